The summed E-state index contributed by atoms with van der Waals surface area (Å²) in [5, 5.41) is 3.82. The SMILES string of the molecule is Cc1noc(CN2CCO[C@H](c3ccc(Br)cc3)C2)n1. The number of hydrogen-bond acceptors (Lipinski definition) is 5. The topological polar surface area (TPSA) is 51.4 Å². The number of benzene rings is 1. The Balaban J connectivity index is 1.65. The van der Waals surface area contributed by atoms with Crippen molar-refractivity contribution in [3.63, 3.8) is 0 Å². The maximum atomic E-state index is 5.85. The van der Waals surface area contributed by atoms with Crippen LogP contribution in [-0.2, 0) is 11.3 Å². The standard InChI is InChI=1S/C14H16BrN3O2/c1-10-16-14(20-17-10)9-18-6-7-19-13(8-18)11-2-4-12(15)5-3-11/h2-5,13H,6-9H2,1H3/t13-/m0/s1. The van der Waals surface area contributed by atoms with Crippen LogP contribution in [0.4, 0.5) is 0 Å². The molecule has 0 radical (unpaired) electrons. The van der Waals surface area contributed by atoms with E-state index in [2.05, 4.69) is 43.1 Å². The summed E-state index contributed by atoms with van der Waals surface area (Å²) in [6, 6.07) is 8.27. The van der Waals surface area contributed by atoms with E-state index < -0.39 is 0 Å². The summed E-state index contributed by atoms with van der Waals surface area (Å²) in [4.78, 5) is 6.53. The fourth-order valence-corrected chi connectivity index (χ4v) is 2.59. The van der Waals surface area contributed by atoms with E-state index in [-0.39, 0.29) is 6.10 Å². The lowest BCUT2D eigenvalue weighted by Crippen LogP contribution is -2.37. The molecule has 0 unspecified atom stereocenters. The van der Waals surface area contributed by atoms with Gasteiger partial charge in [-0.25, -0.2) is 0 Å². The van der Waals surface area contributed by atoms with Crippen molar-refractivity contribution < 1.29 is 9.26 Å². The van der Waals surface area contributed by atoms with Crippen molar-refractivity contribution in [1.29, 1.82) is 0 Å². The molecule has 0 aliphatic carbocycles. The van der Waals surface area contributed by atoms with Gasteiger partial charge in [-0.3, -0.25) is 4.90 Å². The molecule has 1 atom stereocenters. The zero-order valence-corrected chi connectivity index (χ0v) is 12.8. The highest BCUT2D eigenvalue weighted by molar-refractivity contribution is 9.10. The summed E-state index contributed by atoms with van der Waals surface area (Å²) < 4.78 is 12.1. The second-order valence-corrected chi connectivity index (χ2v) is 5.80. The van der Waals surface area contributed by atoms with E-state index in [0.717, 1.165) is 17.6 Å². The third-order valence-electron chi connectivity index (χ3n) is 3.32. The maximum Gasteiger partial charge on any atom is 0.240 e. The first kappa shape index (κ1) is 13.7. The van der Waals surface area contributed by atoms with Gasteiger partial charge in [-0.1, -0.05) is 33.2 Å². The number of aryl methyl sites for hydroxylation is 1. The minimum absolute atomic E-state index is 0.0980. The molecule has 1 saturated heterocycles. The zero-order chi connectivity index (χ0) is 13.9. The maximum absolute atomic E-state index is 5.85. The van der Waals surface area contributed by atoms with Gasteiger partial charge in [-0.2, -0.15) is 4.98 Å². The number of halogens is 1. The Kier molecular flexibility index (Phi) is 4.14. The van der Waals surface area contributed by atoms with E-state index in [1.165, 1.54) is 5.56 Å². The molecule has 1 fully saturated rings. The van der Waals surface area contributed by atoms with Gasteiger partial charge in [0.1, 0.15) is 0 Å². The van der Waals surface area contributed by atoms with E-state index >= 15 is 0 Å². The predicted molar refractivity (Wildman–Crippen MR) is 77.1 cm³/mol. The Bertz CT molecular complexity index is 570. The zero-order valence-electron chi connectivity index (χ0n) is 11.3. The molecule has 0 N–H and O–H groups in total. The van der Waals surface area contributed by atoms with Gasteiger partial charge in [-0.15, -0.1) is 0 Å². The van der Waals surface area contributed by atoms with Crippen LogP contribution in [-0.4, -0.2) is 34.7 Å². The number of aromatic nitrogens is 2. The average molecular weight is 338 g/mol. The molecule has 3 rings (SSSR count). The number of rotatable bonds is 3. The molecule has 1 aromatic carbocycles. The lowest BCUT2D eigenvalue weighted by molar-refractivity contribution is -0.0356. The van der Waals surface area contributed by atoms with Gasteiger partial charge in [0.25, 0.3) is 0 Å². The van der Waals surface area contributed by atoms with Crippen LogP contribution in [0.2, 0.25) is 0 Å². The van der Waals surface area contributed by atoms with Crippen molar-refractivity contribution in [2.24, 2.45) is 0 Å². The molecule has 1 aliphatic heterocycles. The fraction of sp³-hybridized carbons (Fsp3) is 0.429. The van der Waals surface area contributed by atoms with Crippen LogP contribution in [0.5, 0.6) is 0 Å². The van der Waals surface area contributed by atoms with Gasteiger partial charge in [0, 0.05) is 17.6 Å². The van der Waals surface area contributed by atoms with Gasteiger partial charge in [0.2, 0.25) is 5.89 Å². The minimum Gasteiger partial charge on any atom is -0.371 e. The Morgan fingerprint density at radius 2 is 2.15 bits per heavy atom. The first-order valence-electron chi connectivity index (χ1n) is 6.59. The third kappa shape index (κ3) is 3.26. The Hall–Kier alpha value is -1.24. The van der Waals surface area contributed by atoms with E-state index in [1.54, 1.807) is 0 Å². The Morgan fingerprint density at radius 1 is 1.35 bits per heavy atom. The third-order valence-corrected chi connectivity index (χ3v) is 3.85. The molecule has 0 spiro atoms. The van der Waals surface area contributed by atoms with Crippen molar-refractivity contribution in [1.82, 2.24) is 15.0 Å². The molecule has 1 aliphatic rings. The second kappa shape index (κ2) is 6.03. The first-order valence-corrected chi connectivity index (χ1v) is 7.38. The second-order valence-electron chi connectivity index (χ2n) is 4.88. The summed E-state index contributed by atoms with van der Waals surface area (Å²) in [6.45, 7) is 4.94. The van der Waals surface area contributed by atoms with Crippen molar-refractivity contribution >= 4 is 15.9 Å². The van der Waals surface area contributed by atoms with Crippen LogP contribution in [0.25, 0.3) is 0 Å². The van der Waals surface area contributed by atoms with Gasteiger partial charge >= 0.3 is 0 Å². The largest absolute Gasteiger partial charge is 0.371 e. The van der Waals surface area contributed by atoms with Gasteiger partial charge in [0.05, 0.1) is 19.3 Å². The van der Waals surface area contributed by atoms with E-state index in [0.29, 0.717) is 24.9 Å². The number of ether oxygens (including phenoxy) is 1. The molecule has 20 heavy (non-hydrogen) atoms. The van der Waals surface area contributed by atoms with E-state index in [4.69, 9.17) is 9.26 Å². The summed E-state index contributed by atoms with van der Waals surface area (Å²) in [7, 11) is 0. The van der Waals surface area contributed by atoms with Crippen LogP contribution >= 0.6 is 15.9 Å². The van der Waals surface area contributed by atoms with Crippen LogP contribution in [0.3, 0.4) is 0 Å². The highest BCUT2D eigenvalue weighted by Gasteiger charge is 2.23. The average Bonchev–Trinajstić information content (AvgIpc) is 2.85. The molecule has 0 saturated carbocycles. The Labute approximate surface area is 126 Å². The molecule has 2 aromatic rings. The minimum atomic E-state index is 0.0980. The molecule has 106 valence electrons. The lowest BCUT2D eigenvalue weighted by Gasteiger charge is -2.32. The molecule has 2 heterocycles. The molecular weight excluding hydrogens is 322 g/mol. The fourth-order valence-electron chi connectivity index (χ4n) is 2.32. The normalized spacial score (nSPS) is 20.2. The molecule has 1 aromatic heterocycles. The van der Waals surface area contributed by atoms with Crippen LogP contribution in [0.15, 0.2) is 33.3 Å². The molecule has 0 bridgehead atoms. The molecular formula is C14H16BrN3O2. The number of morpholine rings is 1. The van der Waals surface area contributed by atoms with Gasteiger partial charge in [0.15, 0.2) is 5.82 Å². The molecule has 5 nitrogen and oxygen atoms in total. The number of hydrogen-bond donors (Lipinski definition) is 0. The van der Waals surface area contributed by atoms with Gasteiger partial charge < -0.3 is 9.26 Å². The van der Waals surface area contributed by atoms with E-state index in [1.807, 2.05) is 19.1 Å². The predicted octanol–water partition coefficient (Wildman–Crippen LogP) is 2.71. The van der Waals surface area contributed by atoms with Crippen LogP contribution < -0.4 is 0 Å². The highest BCUT2D eigenvalue weighted by Crippen LogP contribution is 2.24. The van der Waals surface area contributed by atoms with Crippen LogP contribution in [0.1, 0.15) is 23.4 Å². The number of nitrogens with zero attached hydrogens (tertiary/aromatic N) is 3. The first-order chi connectivity index (χ1) is 9.70. The van der Waals surface area contributed by atoms with Crippen molar-refractivity contribution in [3.8, 4) is 0 Å². The van der Waals surface area contributed by atoms with Crippen molar-refractivity contribution in [2.75, 3.05) is 19.7 Å². The lowest BCUT2D eigenvalue weighted by atomic mass is 10.1. The Morgan fingerprint density at radius 3 is 2.85 bits per heavy atom. The van der Waals surface area contributed by atoms with E-state index in [9.17, 15) is 0 Å². The molecule has 0 amide bonds. The highest BCUT2D eigenvalue weighted by atomic mass is 79.9. The van der Waals surface area contributed by atoms with Gasteiger partial charge in [-0.05, 0) is 24.6 Å². The quantitative estimate of drug-likeness (QED) is 0.861. The summed E-state index contributed by atoms with van der Waals surface area (Å²) in [5.41, 5.74) is 1.19. The summed E-state index contributed by atoms with van der Waals surface area (Å²) in [6.07, 6.45) is 0.0980. The summed E-state index contributed by atoms with van der Waals surface area (Å²) >= 11 is 3.45. The van der Waals surface area contributed by atoms with Crippen molar-refractivity contribution in [2.45, 2.75) is 19.6 Å². The molecule has 6 heteroatoms. The smallest absolute Gasteiger partial charge is 0.240 e. The van der Waals surface area contributed by atoms with Crippen LogP contribution in [0, 0.1) is 6.92 Å². The summed E-state index contributed by atoms with van der Waals surface area (Å²) in [5.74, 6) is 1.34. The monoisotopic (exact) mass is 337 g/mol. The van der Waals surface area contributed by atoms with Crippen molar-refractivity contribution in [3.05, 3.63) is 46.0 Å².